The zero-order valence-electron chi connectivity index (χ0n) is 13.4. The van der Waals surface area contributed by atoms with E-state index >= 15 is 0 Å². The van der Waals surface area contributed by atoms with Gasteiger partial charge in [0.1, 0.15) is 11.5 Å². The smallest absolute Gasteiger partial charge is 0.209 e. The third-order valence-corrected chi connectivity index (χ3v) is 4.39. The molecule has 4 N–H and O–H groups in total. The lowest BCUT2D eigenvalue weighted by Crippen LogP contribution is -2.16. The Kier molecular flexibility index (Phi) is 4.17. The van der Waals surface area contributed by atoms with E-state index < -0.39 is 0 Å². The first-order valence-electron chi connectivity index (χ1n) is 7.85. The number of imidazole rings is 1. The normalized spacial score (nSPS) is 10.9. The first kappa shape index (κ1) is 15.4. The molecule has 7 nitrogen and oxygen atoms in total. The van der Waals surface area contributed by atoms with Crippen LogP contribution in [-0.2, 0) is 0 Å². The van der Waals surface area contributed by atoms with Crippen LogP contribution in [0.15, 0.2) is 53.6 Å². The Morgan fingerprint density at radius 1 is 1.12 bits per heavy atom. The Hall–Kier alpha value is -3.13. The molecule has 0 fully saturated rings. The molecule has 0 aliphatic heterocycles. The summed E-state index contributed by atoms with van der Waals surface area (Å²) >= 11 is 1.65. The van der Waals surface area contributed by atoms with E-state index in [1.165, 1.54) is 0 Å². The van der Waals surface area contributed by atoms with Crippen molar-refractivity contribution in [2.75, 3.05) is 29.5 Å². The molecule has 0 radical (unpaired) electrons. The second-order valence-electron chi connectivity index (χ2n) is 5.46. The summed E-state index contributed by atoms with van der Waals surface area (Å²) in [6, 6.07) is 7.73. The Labute approximate surface area is 148 Å². The number of nitrogens with zero attached hydrogens (tertiary/aromatic N) is 4. The van der Waals surface area contributed by atoms with Crippen molar-refractivity contribution in [3.8, 4) is 11.3 Å². The van der Waals surface area contributed by atoms with Gasteiger partial charge >= 0.3 is 0 Å². The van der Waals surface area contributed by atoms with E-state index in [-0.39, 0.29) is 0 Å². The monoisotopic (exact) mass is 351 g/mol. The zero-order valence-corrected chi connectivity index (χ0v) is 14.2. The maximum atomic E-state index is 5.64. The molecule has 126 valence electrons. The van der Waals surface area contributed by atoms with E-state index in [0.29, 0.717) is 18.8 Å². The van der Waals surface area contributed by atoms with E-state index in [1.807, 2.05) is 34.2 Å². The molecule has 0 atom stereocenters. The highest BCUT2D eigenvalue weighted by Gasteiger charge is 2.08. The van der Waals surface area contributed by atoms with Crippen LogP contribution >= 0.6 is 11.3 Å². The van der Waals surface area contributed by atoms with Gasteiger partial charge in [-0.2, -0.15) is 11.3 Å². The van der Waals surface area contributed by atoms with Gasteiger partial charge in [0, 0.05) is 42.5 Å². The summed E-state index contributed by atoms with van der Waals surface area (Å²) in [6.07, 6.45) is 5.31. The Bertz CT molecular complexity index is 961. The van der Waals surface area contributed by atoms with Crippen molar-refractivity contribution in [1.29, 1.82) is 0 Å². The lowest BCUT2D eigenvalue weighted by atomic mass is 10.2. The molecule has 0 aliphatic rings. The van der Waals surface area contributed by atoms with Gasteiger partial charge in [-0.15, -0.1) is 0 Å². The molecule has 4 rings (SSSR count). The van der Waals surface area contributed by atoms with Gasteiger partial charge < -0.3 is 16.4 Å². The van der Waals surface area contributed by atoms with Crippen molar-refractivity contribution in [1.82, 2.24) is 19.4 Å². The minimum absolute atomic E-state index is 0.653. The summed E-state index contributed by atoms with van der Waals surface area (Å²) in [6.45, 7) is 1.40. The molecule has 0 unspecified atom stereocenters. The van der Waals surface area contributed by atoms with Crippen LogP contribution < -0.4 is 16.4 Å². The van der Waals surface area contributed by atoms with Gasteiger partial charge in [-0.05, 0) is 23.6 Å². The number of hydrogen-bond donors (Lipinski definition) is 3. The minimum atomic E-state index is 0.653. The number of aromatic nitrogens is 4. The largest absolute Gasteiger partial charge is 0.397 e. The molecule has 0 saturated carbocycles. The number of anilines is 3. The Morgan fingerprint density at radius 3 is 2.84 bits per heavy atom. The molecular weight excluding hydrogens is 334 g/mol. The van der Waals surface area contributed by atoms with Gasteiger partial charge in [0.25, 0.3) is 0 Å². The van der Waals surface area contributed by atoms with Gasteiger partial charge in [0.15, 0.2) is 0 Å². The Balaban J connectivity index is 1.47. The first-order valence-corrected chi connectivity index (χ1v) is 8.80. The van der Waals surface area contributed by atoms with Gasteiger partial charge in [-0.25, -0.2) is 15.0 Å². The number of nitrogens with two attached hydrogens (primary N) is 1. The van der Waals surface area contributed by atoms with Crippen LogP contribution in [0.4, 0.5) is 17.5 Å². The number of nitrogen functional groups attached to an aromatic ring is 1. The molecule has 0 saturated heterocycles. The fraction of sp³-hybridized carbons (Fsp3) is 0.118. The summed E-state index contributed by atoms with van der Waals surface area (Å²) < 4.78 is 1.94. The third kappa shape index (κ3) is 3.38. The Morgan fingerprint density at radius 2 is 2.04 bits per heavy atom. The summed E-state index contributed by atoms with van der Waals surface area (Å²) in [4.78, 5) is 13.3. The topological polar surface area (TPSA) is 93.2 Å². The molecule has 0 spiro atoms. The average molecular weight is 351 g/mol. The predicted molar refractivity (Wildman–Crippen MR) is 102 cm³/mol. The van der Waals surface area contributed by atoms with Crippen LogP contribution in [0.3, 0.4) is 0 Å². The van der Waals surface area contributed by atoms with Crippen LogP contribution in [-0.4, -0.2) is 32.4 Å². The number of pyridine rings is 1. The number of fused-ring (bicyclic) bond motifs is 1. The highest BCUT2D eigenvalue weighted by Crippen LogP contribution is 2.23. The van der Waals surface area contributed by atoms with Crippen molar-refractivity contribution in [3.05, 3.63) is 53.6 Å². The molecule has 0 bridgehead atoms. The van der Waals surface area contributed by atoms with Gasteiger partial charge in [0.05, 0.1) is 17.6 Å². The fourth-order valence-corrected chi connectivity index (χ4v) is 3.13. The van der Waals surface area contributed by atoms with Crippen molar-refractivity contribution >= 4 is 34.4 Å². The lowest BCUT2D eigenvalue weighted by Gasteiger charge is -2.11. The molecule has 4 aromatic rings. The van der Waals surface area contributed by atoms with Crippen LogP contribution in [0.1, 0.15) is 0 Å². The second kappa shape index (κ2) is 6.78. The molecule has 8 heteroatoms. The maximum absolute atomic E-state index is 5.64. The quantitative estimate of drug-likeness (QED) is 0.463. The van der Waals surface area contributed by atoms with Gasteiger partial charge in [0.2, 0.25) is 5.95 Å². The highest BCUT2D eigenvalue weighted by atomic mass is 32.1. The number of rotatable bonds is 6. The van der Waals surface area contributed by atoms with E-state index in [9.17, 15) is 0 Å². The van der Waals surface area contributed by atoms with Crippen LogP contribution in [0, 0.1) is 0 Å². The summed E-state index contributed by atoms with van der Waals surface area (Å²) in [5, 5.41) is 10.7. The average Bonchev–Trinajstić information content (AvgIpc) is 3.31. The van der Waals surface area contributed by atoms with Crippen LogP contribution in [0.25, 0.3) is 16.9 Å². The van der Waals surface area contributed by atoms with E-state index in [0.717, 1.165) is 28.7 Å². The van der Waals surface area contributed by atoms with Crippen LogP contribution in [0.2, 0.25) is 0 Å². The first-order chi connectivity index (χ1) is 12.3. The van der Waals surface area contributed by atoms with E-state index in [4.69, 9.17) is 10.7 Å². The zero-order chi connectivity index (χ0) is 17.1. The van der Waals surface area contributed by atoms with Gasteiger partial charge in [-0.3, -0.25) is 4.40 Å². The van der Waals surface area contributed by atoms with Crippen LogP contribution in [0.5, 0.6) is 0 Å². The summed E-state index contributed by atoms with van der Waals surface area (Å²) in [7, 11) is 0. The van der Waals surface area contributed by atoms with Crippen molar-refractivity contribution in [2.45, 2.75) is 0 Å². The molecule has 0 aliphatic carbocycles. The van der Waals surface area contributed by atoms with E-state index in [1.54, 1.807) is 23.7 Å². The highest BCUT2D eigenvalue weighted by molar-refractivity contribution is 7.08. The second-order valence-corrected chi connectivity index (χ2v) is 6.24. The molecule has 25 heavy (non-hydrogen) atoms. The lowest BCUT2D eigenvalue weighted by molar-refractivity contribution is 0.995. The number of nitrogens with one attached hydrogen (secondary N) is 2. The third-order valence-electron chi connectivity index (χ3n) is 3.71. The van der Waals surface area contributed by atoms with Crippen molar-refractivity contribution < 1.29 is 0 Å². The van der Waals surface area contributed by atoms with Gasteiger partial charge in [-0.1, -0.05) is 0 Å². The summed E-state index contributed by atoms with van der Waals surface area (Å²) in [5.74, 6) is 1.56. The molecule has 4 heterocycles. The van der Waals surface area contributed by atoms with Crippen molar-refractivity contribution in [3.63, 3.8) is 0 Å². The molecular formula is C17H17N7S. The SMILES string of the molecule is Nc1ccc(NCCNc2nc(-c3ccsc3)cc3nccn23)nc1. The standard InChI is InChI=1S/C17H17N7S/c18-13-1-2-15(22-10-13)19-4-5-21-17-23-14(12-3-8-25-11-12)9-16-20-6-7-24(16)17/h1-3,6-11H,4-5,18H2,(H,19,22)(H,21,23). The molecule has 0 aromatic carbocycles. The fourth-order valence-electron chi connectivity index (χ4n) is 2.48. The molecule has 0 amide bonds. The number of thiophene rings is 1. The molecule has 4 aromatic heterocycles. The minimum Gasteiger partial charge on any atom is -0.397 e. The predicted octanol–water partition coefficient (Wildman–Crippen LogP) is 2.96. The van der Waals surface area contributed by atoms with Crippen molar-refractivity contribution in [2.24, 2.45) is 0 Å². The van der Waals surface area contributed by atoms with E-state index in [2.05, 4.69) is 32.0 Å². The number of hydrogen-bond acceptors (Lipinski definition) is 7. The maximum Gasteiger partial charge on any atom is 0.209 e. The summed E-state index contributed by atoms with van der Waals surface area (Å²) in [5.41, 5.74) is 9.17.